The monoisotopic (exact) mass is 769 g/mol. The first-order valence-corrected chi connectivity index (χ1v) is 16.5. The van der Waals surface area contributed by atoms with Crippen molar-refractivity contribution in [3.8, 4) is 22.6 Å². The van der Waals surface area contributed by atoms with Crippen molar-refractivity contribution in [2.75, 3.05) is 4.90 Å². The summed E-state index contributed by atoms with van der Waals surface area (Å²) in [6.45, 7) is 0.124. The van der Waals surface area contributed by atoms with Crippen LogP contribution in [0.15, 0.2) is 121 Å². The third-order valence-corrected chi connectivity index (χ3v) is 7.90. The number of halogens is 7. The predicted octanol–water partition coefficient (Wildman–Crippen LogP) is 9.03. The molecule has 5 aromatic carbocycles. The Bertz CT molecular complexity index is 2070. The molecule has 0 fully saturated rings. The van der Waals surface area contributed by atoms with Gasteiger partial charge < -0.3 is 25.8 Å². The number of carbonyl (C=O) groups is 3. The number of benzene rings is 5. The second-order valence-electron chi connectivity index (χ2n) is 11.8. The molecule has 4 N–H and O–H groups in total. The minimum Gasteiger partial charge on any atom is -0.475 e. The molecule has 0 aliphatic carbocycles. The first-order valence-electron chi connectivity index (χ1n) is 16.5. The van der Waals surface area contributed by atoms with Gasteiger partial charge in [0.2, 0.25) is 11.8 Å². The van der Waals surface area contributed by atoms with Crippen molar-refractivity contribution < 1.29 is 55.0 Å². The number of nitrogens with two attached hydrogens (primary N) is 1. The minimum absolute atomic E-state index is 0.0693. The maximum Gasteiger partial charge on any atom is 0.490 e. The summed E-state index contributed by atoms with van der Waals surface area (Å²) >= 11 is 0. The molecule has 55 heavy (non-hydrogen) atoms. The summed E-state index contributed by atoms with van der Waals surface area (Å²) in [7, 11) is 0. The lowest BCUT2D eigenvalue weighted by atomic mass is 10.0. The van der Waals surface area contributed by atoms with E-state index in [1.807, 2.05) is 36.4 Å². The normalized spacial score (nSPS) is 11.2. The van der Waals surface area contributed by atoms with Crippen LogP contribution in [0.25, 0.3) is 11.1 Å². The van der Waals surface area contributed by atoms with E-state index < -0.39 is 35.7 Å². The van der Waals surface area contributed by atoms with Gasteiger partial charge in [0.25, 0.3) is 0 Å². The second-order valence-corrected chi connectivity index (χ2v) is 11.8. The lowest BCUT2D eigenvalue weighted by molar-refractivity contribution is -0.192. The number of carboxylic acid groups (broad SMARTS) is 1. The molecule has 0 saturated carbocycles. The maximum atomic E-state index is 13.8. The van der Waals surface area contributed by atoms with Crippen LogP contribution in [0.3, 0.4) is 0 Å². The van der Waals surface area contributed by atoms with E-state index in [0.717, 1.165) is 28.3 Å². The van der Waals surface area contributed by atoms with E-state index in [2.05, 4.69) is 5.32 Å². The van der Waals surface area contributed by atoms with E-state index >= 15 is 0 Å². The molecule has 0 atom stereocenters. The Balaban J connectivity index is 0.000000876. The van der Waals surface area contributed by atoms with Crippen LogP contribution in [0.1, 0.15) is 35.1 Å². The highest BCUT2D eigenvalue weighted by Crippen LogP contribution is 2.35. The molecule has 5 rings (SSSR count). The van der Waals surface area contributed by atoms with Gasteiger partial charge in [-0.25, -0.2) is 9.18 Å². The number of hydrogen-bond donors (Lipinski definition) is 3. The molecule has 15 heteroatoms. The molecule has 0 spiro atoms. The number of rotatable bonds is 12. The molecule has 288 valence electrons. The van der Waals surface area contributed by atoms with Crippen molar-refractivity contribution >= 4 is 23.5 Å². The highest BCUT2D eigenvalue weighted by molar-refractivity contribution is 5.96. The van der Waals surface area contributed by atoms with Crippen LogP contribution in [-0.2, 0) is 40.2 Å². The van der Waals surface area contributed by atoms with Gasteiger partial charge in [-0.2, -0.15) is 26.3 Å². The van der Waals surface area contributed by atoms with E-state index in [1.165, 1.54) is 35.2 Å². The molecule has 5 aromatic rings. The Morgan fingerprint density at radius 1 is 0.727 bits per heavy atom. The summed E-state index contributed by atoms with van der Waals surface area (Å²) in [5.41, 5.74) is 8.71. The van der Waals surface area contributed by atoms with Gasteiger partial charge >= 0.3 is 18.3 Å². The molecule has 0 saturated heterocycles. The summed E-state index contributed by atoms with van der Waals surface area (Å²) in [5, 5.41) is 9.63. The van der Waals surface area contributed by atoms with E-state index in [-0.39, 0.29) is 37.3 Å². The lowest BCUT2D eigenvalue weighted by Crippen LogP contribution is -2.32. The smallest absolute Gasteiger partial charge is 0.475 e. The van der Waals surface area contributed by atoms with E-state index in [9.17, 15) is 40.3 Å². The van der Waals surface area contributed by atoms with Crippen molar-refractivity contribution in [2.24, 2.45) is 5.73 Å². The first-order chi connectivity index (χ1) is 26.0. The third kappa shape index (κ3) is 12.4. The Morgan fingerprint density at radius 3 is 1.95 bits per heavy atom. The number of carboxylic acids is 1. The average Bonchev–Trinajstić information content (AvgIpc) is 3.16. The maximum absolute atomic E-state index is 13.8. The lowest BCUT2D eigenvalue weighted by Gasteiger charge is -2.25. The van der Waals surface area contributed by atoms with Crippen LogP contribution < -0.4 is 20.7 Å². The standard InChI is InChI=1S/C38H33F4N3O3.C2HF3O2/c39-31-18-16-29(17-19-31)28-14-12-26(13-15-28)25-45(34-10-3-4-11-35(34)48-32-8-5-6-27(22-32)23-43)37(47)21-20-36(46)44-24-30-7-1-2-9-33(30)38(40,41)42;3-2(4,5)1(6)7/h1-19,22H,20-21,23-25,43H2,(H,44,46);(H,6,7). The molecule has 0 radical (unpaired) electrons. The number of hydrogen-bond acceptors (Lipinski definition) is 5. The van der Waals surface area contributed by atoms with Crippen molar-refractivity contribution in [3.63, 3.8) is 0 Å². The zero-order valence-electron chi connectivity index (χ0n) is 28.8. The largest absolute Gasteiger partial charge is 0.490 e. The van der Waals surface area contributed by atoms with Crippen molar-refractivity contribution in [2.45, 2.75) is 44.8 Å². The number of ether oxygens (including phenoxy) is 1. The number of nitrogens with zero attached hydrogens (tertiary/aromatic N) is 1. The number of para-hydroxylation sites is 2. The Morgan fingerprint density at radius 2 is 1.33 bits per heavy atom. The second kappa shape index (κ2) is 18.7. The fraction of sp³-hybridized carbons (Fsp3) is 0.175. The molecular weight excluding hydrogens is 735 g/mol. The van der Waals surface area contributed by atoms with E-state index in [0.29, 0.717) is 23.7 Å². The molecule has 0 unspecified atom stereocenters. The molecule has 2 amide bonds. The van der Waals surface area contributed by atoms with Gasteiger partial charge in [0, 0.05) is 25.9 Å². The molecule has 8 nitrogen and oxygen atoms in total. The topological polar surface area (TPSA) is 122 Å². The fourth-order valence-electron chi connectivity index (χ4n) is 5.15. The van der Waals surface area contributed by atoms with Gasteiger partial charge in [0.15, 0.2) is 5.75 Å². The van der Waals surface area contributed by atoms with Gasteiger partial charge in [-0.1, -0.05) is 78.9 Å². The van der Waals surface area contributed by atoms with Crippen molar-refractivity contribution in [1.82, 2.24) is 5.32 Å². The van der Waals surface area contributed by atoms with Crippen LogP contribution in [0.2, 0.25) is 0 Å². The molecule has 0 aliphatic heterocycles. The highest BCUT2D eigenvalue weighted by Gasteiger charge is 2.38. The summed E-state index contributed by atoms with van der Waals surface area (Å²) < 4.78 is 91.6. The van der Waals surface area contributed by atoms with Crippen LogP contribution in [0, 0.1) is 5.82 Å². The molecular formula is C40H34F7N3O5. The van der Waals surface area contributed by atoms with Gasteiger partial charge in [-0.3, -0.25) is 9.59 Å². The first kappa shape index (κ1) is 41.5. The Labute approximate surface area is 311 Å². The Hall–Kier alpha value is -6.22. The van der Waals surface area contributed by atoms with Crippen molar-refractivity contribution in [1.29, 1.82) is 0 Å². The quantitative estimate of drug-likeness (QED) is 0.109. The van der Waals surface area contributed by atoms with E-state index in [4.69, 9.17) is 20.4 Å². The zero-order valence-corrected chi connectivity index (χ0v) is 28.8. The highest BCUT2D eigenvalue weighted by atomic mass is 19.4. The molecule has 0 aromatic heterocycles. The number of amides is 2. The third-order valence-electron chi connectivity index (χ3n) is 7.90. The number of aliphatic carboxylic acids is 1. The predicted molar refractivity (Wildman–Crippen MR) is 190 cm³/mol. The number of nitrogens with one attached hydrogen (secondary N) is 1. The van der Waals surface area contributed by atoms with Gasteiger partial charge in [-0.15, -0.1) is 0 Å². The number of alkyl halides is 6. The summed E-state index contributed by atoms with van der Waals surface area (Å²) in [4.78, 5) is 37.0. The van der Waals surface area contributed by atoms with Crippen LogP contribution in [-0.4, -0.2) is 29.1 Å². The van der Waals surface area contributed by atoms with Gasteiger partial charge in [0.1, 0.15) is 11.6 Å². The molecule has 0 bridgehead atoms. The van der Waals surface area contributed by atoms with Crippen LogP contribution in [0.5, 0.6) is 11.5 Å². The molecule has 0 heterocycles. The fourth-order valence-corrected chi connectivity index (χ4v) is 5.15. The van der Waals surface area contributed by atoms with Crippen molar-refractivity contribution in [3.05, 3.63) is 149 Å². The Kier molecular flexibility index (Phi) is 14.1. The SMILES string of the molecule is NCc1cccc(Oc2ccccc2N(Cc2ccc(-c3ccc(F)cc3)cc2)C(=O)CCC(=O)NCc2ccccc2C(F)(F)F)c1.O=C(O)C(F)(F)F. The van der Waals surface area contributed by atoms with Gasteiger partial charge in [0.05, 0.1) is 17.8 Å². The number of anilines is 1. The summed E-state index contributed by atoms with van der Waals surface area (Å²) in [5.74, 6) is -3.12. The minimum atomic E-state index is -5.08. The zero-order chi connectivity index (χ0) is 40.2. The van der Waals surface area contributed by atoms with Gasteiger partial charge in [-0.05, 0) is 70.3 Å². The summed E-state index contributed by atoms with van der Waals surface area (Å²) in [6.07, 6.45) is -10.1. The molecule has 0 aliphatic rings. The average molecular weight is 770 g/mol. The van der Waals surface area contributed by atoms with E-state index in [1.54, 1.807) is 48.5 Å². The van der Waals surface area contributed by atoms with Crippen LogP contribution in [0.4, 0.5) is 36.4 Å². The number of carbonyl (C=O) groups excluding carboxylic acids is 2. The van der Waals surface area contributed by atoms with Crippen LogP contribution >= 0.6 is 0 Å². The summed E-state index contributed by atoms with van der Waals surface area (Å²) in [6, 6.07) is 32.9.